The van der Waals surface area contributed by atoms with Crippen LogP contribution in [0.1, 0.15) is 0 Å². The number of likely N-dealkylation sites (N-methyl/N-ethyl adjacent to an activating group) is 1. The molecule has 138 valence electrons. The van der Waals surface area contributed by atoms with Gasteiger partial charge in [-0.25, -0.2) is 4.98 Å². The van der Waals surface area contributed by atoms with E-state index in [-0.39, 0.29) is 24.1 Å². The van der Waals surface area contributed by atoms with E-state index in [0.717, 1.165) is 15.6 Å². The van der Waals surface area contributed by atoms with Crippen LogP contribution in [0.4, 0.5) is 0 Å². The molecule has 2 aromatic rings. The number of amides is 2. The normalized spacial score (nSPS) is 14.3. The van der Waals surface area contributed by atoms with Gasteiger partial charge in [-0.05, 0) is 0 Å². The van der Waals surface area contributed by atoms with Crippen LogP contribution < -0.4 is 0 Å². The number of carbonyl (C=O) groups is 2. The van der Waals surface area contributed by atoms with Crippen LogP contribution in [0.15, 0.2) is 40.1 Å². The van der Waals surface area contributed by atoms with Crippen molar-refractivity contribution in [3.8, 4) is 11.3 Å². The second-order valence-electron chi connectivity index (χ2n) is 5.90. The molecular weight excluding hydrogens is 370 g/mol. The largest absolute Gasteiger partial charge is 0.378 e. The minimum Gasteiger partial charge on any atom is -0.378 e. The molecule has 0 N–H and O–H groups in total. The van der Waals surface area contributed by atoms with Crippen LogP contribution >= 0.6 is 23.1 Å². The summed E-state index contributed by atoms with van der Waals surface area (Å²) in [5, 5.41) is 1.99. The van der Waals surface area contributed by atoms with Crippen molar-refractivity contribution in [2.45, 2.75) is 4.34 Å². The van der Waals surface area contributed by atoms with E-state index in [9.17, 15) is 9.59 Å². The average Bonchev–Trinajstić information content (AvgIpc) is 3.16. The number of benzene rings is 1. The monoisotopic (exact) mass is 391 g/mol. The standard InChI is InChI=1S/C18H21N3O3S2/c1-20(11-16(22)21-7-9-24-10-8-21)17(23)13-26-18-19-15(12-25-18)14-5-3-2-4-6-14/h2-6,12H,7-11,13H2,1H3. The molecule has 1 aromatic carbocycles. The van der Waals surface area contributed by atoms with E-state index >= 15 is 0 Å². The summed E-state index contributed by atoms with van der Waals surface area (Å²) in [4.78, 5) is 32.3. The summed E-state index contributed by atoms with van der Waals surface area (Å²) in [6, 6.07) is 9.95. The highest BCUT2D eigenvalue weighted by molar-refractivity contribution is 8.01. The minimum absolute atomic E-state index is 0.0326. The molecule has 1 aliphatic rings. The van der Waals surface area contributed by atoms with E-state index in [1.165, 1.54) is 28.0 Å². The van der Waals surface area contributed by atoms with Crippen LogP contribution in [-0.4, -0.2) is 72.2 Å². The van der Waals surface area contributed by atoms with Crippen molar-refractivity contribution in [1.29, 1.82) is 0 Å². The maximum Gasteiger partial charge on any atom is 0.242 e. The number of hydrogen-bond donors (Lipinski definition) is 0. The van der Waals surface area contributed by atoms with Gasteiger partial charge in [0.05, 0.1) is 31.2 Å². The van der Waals surface area contributed by atoms with Crippen LogP contribution in [-0.2, 0) is 14.3 Å². The molecule has 2 amide bonds. The summed E-state index contributed by atoms with van der Waals surface area (Å²) in [6.07, 6.45) is 0. The third-order valence-electron chi connectivity index (χ3n) is 4.03. The van der Waals surface area contributed by atoms with E-state index < -0.39 is 0 Å². The molecule has 1 saturated heterocycles. The van der Waals surface area contributed by atoms with Gasteiger partial charge >= 0.3 is 0 Å². The first kappa shape index (κ1) is 18.9. The molecule has 0 atom stereocenters. The molecule has 0 aliphatic carbocycles. The van der Waals surface area contributed by atoms with Gasteiger partial charge in [-0.3, -0.25) is 9.59 Å². The van der Waals surface area contributed by atoms with Gasteiger partial charge in [-0.1, -0.05) is 42.1 Å². The summed E-state index contributed by atoms with van der Waals surface area (Å²) in [6.45, 7) is 2.42. The fraction of sp³-hybridized carbons (Fsp3) is 0.389. The number of rotatable bonds is 6. The summed E-state index contributed by atoms with van der Waals surface area (Å²) >= 11 is 2.93. The third kappa shape index (κ3) is 5.06. The van der Waals surface area contributed by atoms with E-state index in [2.05, 4.69) is 4.98 Å². The lowest BCUT2D eigenvalue weighted by Gasteiger charge is -2.28. The zero-order valence-electron chi connectivity index (χ0n) is 14.6. The van der Waals surface area contributed by atoms with Crippen molar-refractivity contribution in [3.63, 3.8) is 0 Å². The number of aromatic nitrogens is 1. The predicted octanol–water partition coefficient (Wildman–Crippen LogP) is 2.22. The first-order chi connectivity index (χ1) is 12.6. The van der Waals surface area contributed by atoms with E-state index in [4.69, 9.17) is 4.74 Å². The Morgan fingerprint density at radius 2 is 2.00 bits per heavy atom. The molecule has 1 fully saturated rings. The van der Waals surface area contributed by atoms with Gasteiger partial charge in [-0.15, -0.1) is 11.3 Å². The highest BCUT2D eigenvalue weighted by Crippen LogP contribution is 2.28. The molecule has 0 spiro atoms. The van der Waals surface area contributed by atoms with E-state index in [1.54, 1.807) is 11.9 Å². The van der Waals surface area contributed by atoms with Crippen LogP contribution in [0.25, 0.3) is 11.3 Å². The number of thioether (sulfide) groups is 1. The molecule has 0 radical (unpaired) electrons. The van der Waals surface area contributed by atoms with Gasteiger partial charge in [0.2, 0.25) is 11.8 Å². The van der Waals surface area contributed by atoms with Gasteiger partial charge < -0.3 is 14.5 Å². The SMILES string of the molecule is CN(CC(=O)N1CCOCC1)C(=O)CSc1nc(-c2ccccc2)cs1. The van der Waals surface area contributed by atoms with Crippen LogP contribution in [0, 0.1) is 0 Å². The summed E-state index contributed by atoms with van der Waals surface area (Å²) < 4.78 is 6.09. The highest BCUT2D eigenvalue weighted by Gasteiger charge is 2.20. The van der Waals surface area contributed by atoms with Crippen molar-refractivity contribution in [3.05, 3.63) is 35.7 Å². The first-order valence-electron chi connectivity index (χ1n) is 8.37. The highest BCUT2D eigenvalue weighted by atomic mass is 32.2. The number of nitrogens with zero attached hydrogens (tertiary/aromatic N) is 3. The van der Waals surface area contributed by atoms with Gasteiger partial charge in [0, 0.05) is 31.1 Å². The molecule has 6 nitrogen and oxygen atoms in total. The topological polar surface area (TPSA) is 62.7 Å². The molecule has 8 heteroatoms. The molecule has 0 unspecified atom stereocenters. The van der Waals surface area contributed by atoms with Crippen molar-refractivity contribution in [2.75, 3.05) is 45.6 Å². The predicted molar refractivity (Wildman–Crippen MR) is 103 cm³/mol. The Bertz CT molecular complexity index is 745. The molecule has 2 heterocycles. The van der Waals surface area contributed by atoms with Crippen LogP contribution in [0.3, 0.4) is 0 Å². The lowest BCUT2D eigenvalue weighted by atomic mass is 10.2. The summed E-state index contributed by atoms with van der Waals surface area (Å²) in [5.74, 6) is 0.164. The lowest BCUT2D eigenvalue weighted by Crippen LogP contribution is -2.46. The maximum atomic E-state index is 12.3. The lowest BCUT2D eigenvalue weighted by molar-refractivity contribution is -0.140. The fourth-order valence-electron chi connectivity index (χ4n) is 2.50. The van der Waals surface area contributed by atoms with Gasteiger partial charge in [0.15, 0.2) is 4.34 Å². The summed E-state index contributed by atoms with van der Waals surface area (Å²) in [7, 11) is 1.67. The Kier molecular flexibility index (Phi) is 6.65. The zero-order valence-corrected chi connectivity index (χ0v) is 16.2. The number of carbonyl (C=O) groups excluding carboxylic acids is 2. The smallest absolute Gasteiger partial charge is 0.242 e. The first-order valence-corrected chi connectivity index (χ1v) is 10.2. The number of ether oxygens (including phenoxy) is 1. The summed E-state index contributed by atoms with van der Waals surface area (Å²) in [5.41, 5.74) is 1.98. The number of morpholine rings is 1. The maximum absolute atomic E-state index is 12.3. The fourth-order valence-corrected chi connectivity index (χ4v) is 4.28. The number of hydrogen-bond acceptors (Lipinski definition) is 6. The third-order valence-corrected chi connectivity index (χ3v) is 6.04. The Hall–Kier alpha value is -1.90. The van der Waals surface area contributed by atoms with E-state index in [0.29, 0.717) is 26.3 Å². The van der Waals surface area contributed by atoms with Crippen molar-refractivity contribution in [2.24, 2.45) is 0 Å². The molecule has 26 heavy (non-hydrogen) atoms. The Morgan fingerprint density at radius 3 is 2.73 bits per heavy atom. The molecule has 0 saturated carbocycles. The molecule has 1 aromatic heterocycles. The van der Waals surface area contributed by atoms with Crippen LogP contribution in [0.2, 0.25) is 0 Å². The quantitative estimate of drug-likeness (QED) is 0.707. The molecular formula is C18H21N3O3S2. The second-order valence-corrected chi connectivity index (χ2v) is 7.98. The van der Waals surface area contributed by atoms with Crippen molar-refractivity contribution < 1.29 is 14.3 Å². The molecule has 1 aliphatic heterocycles. The molecule has 0 bridgehead atoms. The molecule has 3 rings (SSSR count). The van der Waals surface area contributed by atoms with Gasteiger partial charge in [0.25, 0.3) is 0 Å². The zero-order chi connectivity index (χ0) is 18.4. The van der Waals surface area contributed by atoms with Crippen molar-refractivity contribution in [1.82, 2.24) is 14.8 Å². The number of thiazole rings is 1. The van der Waals surface area contributed by atoms with Crippen molar-refractivity contribution >= 4 is 34.9 Å². The van der Waals surface area contributed by atoms with Crippen LogP contribution in [0.5, 0.6) is 0 Å². The van der Waals surface area contributed by atoms with Gasteiger partial charge in [-0.2, -0.15) is 0 Å². The Balaban J connectivity index is 1.47. The van der Waals surface area contributed by atoms with Gasteiger partial charge in [0.1, 0.15) is 0 Å². The Labute approximate surface area is 161 Å². The minimum atomic E-state index is -0.0759. The average molecular weight is 392 g/mol. The van der Waals surface area contributed by atoms with E-state index in [1.807, 2.05) is 35.7 Å². The second kappa shape index (κ2) is 9.16. The Morgan fingerprint density at radius 1 is 1.27 bits per heavy atom.